The van der Waals surface area contributed by atoms with E-state index in [1.54, 1.807) is 45.2 Å². The number of rotatable bonds is 3. The van der Waals surface area contributed by atoms with Gasteiger partial charge in [-0.2, -0.15) is 5.10 Å². The van der Waals surface area contributed by atoms with Crippen molar-refractivity contribution in [2.45, 2.75) is 44.3 Å². The number of fused-ring (bicyclic) bond motifs is 1. The number of benzene rings is 1. The van der Waals surface area contributed by atoms with Gasteiger partial charge in [0.2, 0.25) is 0 Å². The molecule has 0 bridgehead atoms. The first kappa shape index (κ1) is 19.9. The predicted molar refractivity (Wildman–Crippen MR) is 104 cm³/mol. The number of nitrogens with zero attached hydrogens (tertiary/aromatic N) is 2. The molecule has 0 aliphatic rings. The highest BCUT2D eigenvalue weighted by molar-refractivity contribution is 7.92. The number of hydrogen-bond donors (Lipinski definition) is 2. The van der Waals surface area contributed by atoms with E-state index < -0.39 is 14.6 Å². The maximum Gasteiger partial charge on any atom is 0.183 e. The second-order valence-electron chi connectivity index (χ2n) is 7.10. The number of anilines is 2. The molecular weight excluding hydrogens is 352 g/mol. The summed E-state index contributed by atoms with van der Waals surface area (Å²) in [6, 6.07) is 6.85. The van der Waals surface area contributed by atoms with Gasteiger partial charge < -0.3 is 10.8 Å². The highest BCUT2D eigenvalue weighted by atomic mass is 32.2. The van der Waals surface area contributed by atoms with E-state index in [1.165, 1.54) is 0 Å². The average molecular weight is 376 g/mol. The normalized spacial score (nSPS) is 12.0. The van der Waals surface area contributed by atoms with Crippen LogP contribution in [0.4, 0.5) is 11.5 Å². The van der Waals surface area contributed by atoms with E-state index in [-0.39, 0.29) is 5.48 Å². The minimum Gasteiger partial charge on any atom is -0.412 e. The summed E-state index contributed by atoms with van der Waals surface area (Å²) >= 11 is 0. The summed E-state index contributed by atoms with van der Waals surface area (Å²) in [6.07, 6.45) is 1.69. The van der Waals surface area contributed by atoms with Gasteiger partial charge in [-0.1, -0.05) is 0 Å². The van der Waals surface area contributed by atoms with Crippen LogP contribution in [0.5, 0.6) is 0 Å². The molecule has 0 aliphatic heterocycles. The number of sulfone groups is 1. The van der Waals surface area contributed by atoms with Gasteiger partial charge in [0.1, 0.15) is 0 Å². The molecule has 140 valence electrons. The van der Waals surface area contributed by atoms with Crippen LogP contribution in [0.2, 0.25) is 0 Å². The lowest BCUT2D eigenvalue weighted by atomic mass is 10.2. The third-order valence-corrected chi connectivity index (χ3v) is 6.82. The molecule has 0 radical (unpaired) electrons. The number of nitrogens with one attached hydrogen (secondary N) is 2. The smallest absolute Gasteiger partial charge is 0.183 e. The lowest BCUT2D eigenvalue weighted by Gasteiger charge is -2.19. The fourth-order valence-electron chi connectivity index (χ4n) is 2.49. The van der Waals surface area contributed by atoms with E-state index >= 15 is 0 Å². The molecule has 4 N–H and O–H groups in total. The maximum absolute atomic E-state index is 12.8. The van der Waals surface area contributed by atoms with E-state index in [1.807, 2.05) is 19.9 Å². The molecule has 7 nitrogen and oxygen atoms in total. The first-order chi connectivity index (χ1) is 11.6. The second kappa shape index (κ2) is 6.69. The van der Waals surface area contributed by atoms with E-state index in [2.05, 4.69) is 20.5 Å². The van der Waals surface area contributed by atoms with Gasteiger partial charge >= 0.3 is 0 Å². The summed E-state index contributed by atoms with van der Waals surface area (Å²) in [5.74, 6) is 0.717. The molecule has 8 heteroatoms. The summed E-state index contributed by atoms with van der Waals surface area (Å²) in [5.41, 5.74) is 3.49. The molecule has 0 spiro atoms. The van der Waals surface area contributed by atoms with Crippen molar-refractivity contribution in [2.24, 2.45) is 0 Å². The van der Waals surface area contributed by atoms with Crippen LogP contribution in [0, 0.1) is 13.8 Å². The van der Waals surface area contributed by atoms with Crippen molar-refractivity contribution in [1.82, 2.24) is 15.2 Å². The number of aromatic amines is 1. The molecule has 0 saturated heterocycles. The average Bonchev–Trinajstić information content (AvgIpc) is 2.86. The fourth-order valence-corrected chi connectivity index (χ4v) is 3.72. The number of aryl methyl sites for hydroxylation is 1. The van der Waals surface area contributed by atoms with Crippen molar-refractivity contribution in [3.63, 3.8) is 0 Å². The summed E-state index contributed by atoms with van der Waals surface area (Å²) in [7, 11) is -3.44. The second-order valence-corrected chi connectivity index (χ2v) is 9.80. The summed E-state index contributed by atoms with van der Waals surface area (Å²) in [5, 5.41) is 11.2. The minimum absolute atomic E-state index is 0. The Morgan fingerprint density at radius 2 is 1.81 bits per heavy atom. The third-order valence-electron chi connectivity index (χ3n) is 4.34. The van der Waals surface area contributed by atoms with Gasteiger partial charge in [0.25, 0.3) is 0 Å². The van der Waals surface area contributed by atoms with Crippen LogP contribution in [0.3, 0.4) is 0 Å². The Labute approximate surface area is 153 Å². The third kappa shape index (κ3) is 3.30. The first-order valence-electron chi connectivity index (χ1n) is 8.03. The largest absolute Gasteiger partial charge is 0.412 e. The Hall–Kier alpha value is -2.45. The van der Waals surface area contributed by atoms with Crippen molar-refractivity contribution < 1.29 is 13.9 Å². The SMILES string of the molecule is Cc1[nH]nc(Nc2ccnc3ccc(S(=O)(=O)C(C)(C)C)cc23)c1C.O. The van der Waals surface area contributed by atoms with Crippen LogP contribution in [0.1, 0.15) is 32.0 Å². The highest BCUT2D eigenvalue weighted by Crippen LogP contribution is 2.31. The quantitative estimate of drug-likeness (QED) is 0.728. The van der Waals surface area contributed by atoms with Gasteiger partial charge in [0.05, 0.1) is 20.8 Å². The van der Waals surface area contributed by atoms with Gasteiger partial charge in [0.15, 0.2) is 15.7 Å². The molecule has 2 heterocycles. The van der Waals surface area contributed by atoms with Crippen LogP contribution in [-0.4, -0.2) is 33.8 Å². The Morgan fingerprint density at radius 3 is 2.38 bits per heavy atom. The molecule has 26 heavy (non-hydrogen) atoms. The Morgan fingerprint density at radius 1 is 1.12 bits per heavy atom. The molecule has 0 fully saturated rings. The van der Waals surface area contributed by atoms with Crippen LogP contribution >= 0.6 is 0 Å². The van der Waals surface area contributed by atoms with Gasteiger partial charge in [-0.15, -0.1) is 0 Å². The van der Waals surface area contributed by atoms with Crippen molar-refractivity contribution in [3.05, 3.63) is 41.7 Å². The van der Waals surface area contributed by atoms with Crippen molar-refractivity contribution in [3.8, 4) is 0 Å². The van der Waals surface area contributed by atoms with Crippen molar-refractivity contribution >= 4 is 32.2 Å². The monoisotopic (exact) mass is 376 g/mol. The van der Waals surface area contributed by atoms with Crippen LogP contribution in [-0.2, 0) is 9.84 Å². The van der Waals surface area contributed by atoms with Gasteiger partial charge in [-0.05, 0) is 58.9 Å². The minimum atomic E-state index is -3.44. The molecular formula is C18H24N4O3S. The topological polar surface area (TPSA) is 119 Å². The molecule has 3 aromatic rings. The summed E-state index contributed by atoms with van der Waals surface area (Å²) in [4.78, 5) is 4.62. The number of H-pyrrole nitrogens is 1. The standard InChI is InChI=1S/C18H22N4O2S.H2O/c1-11-12(2)21-22-17(11)20-16-8-9-19-15-7-6-13(10-14(15)16)25(23,24)18(3,4)5;/h6-10H,1-5H3,(H2,19,20,21,22);1H2. The zero-order chi connectivity index (χ0) is 18.4. The summed E-state index contributed by atoms with van der Waals surface area (Å²) in [6.45, 7) is 9.02. The molecule has 0 atom stereocenters. The highest BCUT2D eigenvalue weighted by Gasteiger charge is 2.31. The van der Waals surface area contributed by atoms with E-state index in [9.17, 15) is 8.42 Å². The van der Waals surface area contributed by atoms with Gasteiger partial charge in [0, 0.05) is 22.8 Å². The number of pyridine rings is 1. The van der Waals surface area contributed by atoms with Crippen LogP contribution < -0.4 is 5.32 Å². The van der Waals surface area contributed by atoms with E-state index in [0.717, 1.165) is 27.8 Å². The lowest BCUT2D eigenvalue weighted by molar-refractivity contribution is 0.560. The van der Waals surface area contributed by atoms with Crippen LogP contribution in [0.15, 0.2) is 35.4 Å². The lowest BCUT2D eigenvalue weighted by Crippen LogP contribution is -2.27. The molecule has 0 saturated carbocycles. The van der Waals surface area contributed by atoms with E-state index in [0.29, 0.717) is 10.7 Å². The Kier molecular flexibility index (Phi) is 5.12. The maximum atomic E-state index is 12.8. The molecule has 0 aliphatic carbocycles. The van der Waals surface area contributed by atoms with Crippen LogP contribution in [0.25, 0.3) is 10.9 Å². The van der Waals surface area contributed by atoms with Crippen molar-refractivity contribution in [1.29, 1.82) is 0 Å². The molecule has 1 aromatic carbocycles. The zero-order valence-corrected chi connectivity index (χ0v) is 16.3. The van der Waals surface area contributed by atoms with Gasteiger partial charge in [-0.3, -0.25) is 10.1 Å². The first-order valence-corrected chi connectivity index (χ1v) is 9.51. The predicted octanol–water partition coefficient (Wildman–Crippen LogP) is 3.07. The molecule has 3 rings (SSSR count). The molecule has 2 aromatic heterocycles. The van der Waals surface area contributed by atoms with Crippen molar-refractivity contribution in [2.75, 3.05) is 5.32 Å². The molecule has 0 unspecified atom stereocenters. The molecule has 0 amide bonds. The summed E-state index contributed by atoms with van der Waals surface area (Å²) < 4.78 is 24.7. The van der Waals surface area contributed by atoms with Gasteiger partial charge in [-0.25, -0.2) is 8.42 Å². The fraction of sp³-hybridized carbons (Fsp3) is 0.333. The number of aromatic nitrogens is 3. The Balaban J connectivity index is 0.00000243. The zero-order valence-electron chi connectivity index (χ0n) is 15.5. The number of hydrogen-bond acceptors (Lipinski definition) is 5. The van der Waals surface area contributed by atoms with E-state index in [4.69, 9.17) is 0 Å². The Bertz CT molecular complexity index is 1050.